The molecular weight excluding hydrogens is 372 g/mol. The lowest BCUT2D eigenvalue weighted by atomic mass is 10.1. The number of nitriles is 1. The second-order valence-electron chi connectivity index (χ2n) is 5.54. The molecule has 0 aliphatic heterocycles. The van der Waals surface area contributed by atoms with Crippen LogP contribution in [-0.2, 0) is 0 Å². The highest BCUT2D eigenvalue weighted by molar-refractivity contribution is 7.14. The van der Waals surface area contributed by atoms with Crippen LogP contribution < -0.4 is 4.74 Å². The van der Waals surface area contributed by atoms with Crippen LogP contribution in [-0.4, -0.2) is 11.1 Å². The summed E-state index contributed by atoms with van der Waals surface area (Å²) in [5.74, 6) is 0.640. The van der Waals surface area contributed by atoms with Crippen LogP contribution in [0.2, 0.25) is 5.02 Å². The molecule has 1 aromatic carbocycles. The smallest absolute Gasteiger partial charge is 0.138 e. The number of aromatic nitrogens is 1. The molecule has 0 unspecified atom stereocenters. The summed E-state index contributed by atoms with van der Waals surface area (Å²) in [7, 11) is 0. The molecule has 0 amide bonds. The molecule has 0 radical (unpaired) electrons. The van der Waals surface area contributed by atoms with Gasteiger partial charge in [-0.15, -0.1) is 22.7 Å². The van der Waals surface area contributed by atoms with Crippen molar-refractivity contribution in [3.8, 4) is 22.4 Å². The predicted molar refractivity (Wildman–Crippen MR) is 106 cm³/mol. The monoisotopic (exact) mass is 386 g/mol. The van der Waals surface area contributed by atoms with Gasteiger partial charge in [0.05, 0.1) is 27.3 Å². The van der Waals surface area contributed by atoms with Crippen molar-refractivity contribution < 1.29 is 4.74 Å². The fraction of sp³-hybridized carbons (Fsp3) is 0.158. The molecule has 3 nitrogen and oxygen atoms in total. The summed E-state index contributed by atoms with van der Waals surface area (Å²) in [5, 5.41) is 14.7. The molecule has 0 fully saturated rings. The summed E-state index contributed by atoms with van der Waals surface area (Å²) in [6.07, 6.45) is 1.85. The van der Waals surface area contributed by atoms with E-state index in [9.17, 15) is 5.26 Å². The van der Waals surface area contributed by atoms with Gasteiger partial charge in [-0.05, 0) is 49.1 Å². The maximum absolute atomic E-state index is 9.52. The van der Waals surface area contributed by atoms with E-state index in [0.29, 0.717) is 21.4 Å². The Hall–Kier alpha value is -2.13. The first-order valence-corrected chi connectivity index (χ1v) is 9.78. The van der Waals surface area contributed by atoms with Gasteiger partial charge in [-0.1, -0.05) is 23.7 Å². The van der Waals surface area contributed by atoms with Crippen molar-refractivity contribution in [1.29, 1.82) is 5.26 Å². The first-order chi connectivity index (χ1) is 12.1. The predicted octanol–water partition coefficient (Wildman–Crippen LogP) is 6.38. The Labute approximate surface area is 159 Å². The number of nitrogens with zero attached hydrogens (tertiary/aromatic N) is 2. The van der Waals surface area contributed by atoms with Gasteiger partial charge in [-0.2, -0.15) is 5.26 Å². The lowest BCUT2D eigenvalue weighted by Gasteiger charge is -2.11. The van der Waals surface area contributed by atoms with Gasteiger partial charge in [-0.3, -0.25) is 0 Å². The third-order valence-corrected chi connectivity index (χ3v) is 5.32. The Bertz CT molecular complexity index is 937. The van der Waals surface area contributed by atoms with E-state index in [0.717, 1.165) is 16.1 Å². The van der Waals surface area contributed by atoms with Gasteiger partial charge < -0.3 is 4.74 Å². The molecule has 3 rings (SSSR count). The van der Waals surface area contributed by atoms with Crippen LogP contribution in [0.25, 0.3) is 22.2 Å². The number of thiophene rings is 1. The molecule has 2 aromatic heterocycles. The molecule has 3 aromatic rings. The van der Waals surface area contributed by atoms with Crippen molar-refractivity contribution in [3.05, 3.63) is 56.7 Å². The van der Waals surface area contributed by atoms with E-state index >= 15 is 0 Å². The van der Waals surface area contributed by atoms with E-state index in [1.807, 2.05) is 48.9 Å². The van der Waals surface area contributed by atoms with Crippen LogP contribution in [0.1, 0.15) is 24.4 Å². The quantitative estimate of drug-likeness (QED) is 0.478. The summed E-state index contributed by atoms with van der Waals surface area (Å²) in [5.41, 5.74) is 2.25. The summed E-state index contributed by atoms with van der Waals surface area (Å²) in [6, 6.07) is 11.7. The Kier molecular flexibility index (Phi) is 5.54. The van der Waals surface area contributed by atoms with Gasteiger partial charge >= 0.3 is 0 Å². The highest BCUT2D eigenvalue weighted by Gasteiger charge is 2.11. The largest absolute Gasteiger partial charge is 0.489 e. The van der Waals surface area contributed by atoms with Crippen LogP contribution in [0, 0.1) is 11.3 Å². The molecule has 0 aliphatic carbocycles. The topological polar surface area (TPSA) is 45.9 Å². The second-order valence-corrected chi connectivity index (χ2v) is 7.75. The van der Waals surface area contributed by atoms with E-state index < -0.39 is 0 Å². The fourth-order valence-corrected chi connectivity index (χ4v) is 3.98. The summed E-state index contributed by atoms with van der Waals surface area (Å²) in [6.45, 7) is 3.90. The molecule has 0 aliphatic rings. The third-order valence-electron chi connectivity index (χ3n) is 3.26. The zero-order chi connectivity index (χ0) is 17.8. The van der Waals surface area contributed by atoms with Crippen molar-refractivity contribution in [2.75, 3.05) is 0 Å². The summed E-state index contributed by atoms with van der Waals surface area (Å²) < 4.78 is 5.63. The van der Waals surface area contributed by atoms with Crippen LogP contribution in [0.5, 0.6) is 5.75 Å². The van der Waals surface area contributed by atoms with Crippen LogP contribution in [0.3, 0.4) is 0 Å². The van der Waals surface area contributed by atoms with Crippen LogP contribution in [0.15, 0.2) is 41.1 Å². The van der Waals surface area contributed by atoms with E-state index in [1.165, 1.54) is 11.3 Å². The molecule has 0 saturated carbocycles. The molecule has 2 heterocycles. The van der Waals surface area contributed by atoms with E-state index in [-0.39, 0.29) is 6.10 Å². The lowest BCUT2D eigenvalue weighted by molar-refractivity contribution is 0.242. The first kappa shape index (κ1) is 17.7. The number of allylic oxidation sites excluding steroid dienone is 1. The van der Waals surface area contributed by atoms with E-state index in [2.05, 4.69) is 11.1 Å². The molecule has 0 N–H and O–H groups in total. The second kappa shape index (κ2) is 7.83. The van der Waals surface area contributed by atoms with Gasteiger partial charge in [-0.25, -0.2) is 4.98 Å². The molecule has 0 spiro atoms. The molecule has 126 valence electrons. The van der Waals surface area contributed by atoms with Gasteiger partial charge in [0.2, 0.25) is 0 Å². The van der Waals surface area contributed by atoms with E-state index in [4.69, 9.17) is 16.3 Å². The molecule has 6 heteroatoms. The Balaban J connectivity index is 1.88. The zero-order valence-electron chi connectivity index (χ0n) is 13.7. The Morgan fingerprint density at radius 2 is 2.16 bits per heavy atom. The van der Waals surface area contributed by atoms with Crippen molar-refractivity contribution >= 4 is 45.9 Å². The highest BCUT2D eigenvalue weighted by atomic mass is 35.5. The Morgan fingerprint density at radius 3 is 2.80 bits per heavy atom. The van der Waals surface area contributed by atoms with E-state index in [1.54, 1.807) is 23.5 Å². The molecule has 0 saturated heterocycles. The van der Waals surface area contributed by atoms with Gasteiger partial charge in [0.25, 0.3) is 0 Å². The molecule has 0 atom stereocenters. The van der Waals surface area contributed by atoms with Crippen LogP contribution >= 0.6 is 34.3 Å². The summed E-state index contributed by atoms with van der Waals surface area (Å²) >= 11 is 9.36. The standard InChI is InChI=1S/C19H15ClN2OS2/c1-12(2)23-17-6-5-13(9-15(17)20)8-14(10-21)19-22-16(11-25-19)18-4-3-7-24-18/h3-9,11-12H,1-2H3/b14-8-. The molecule has 25 heavy (non-hydrogen) atoms. The molecular formula is C19H15ClN2OS2. The van der Waals surface area contributed by atoms with Gasteiger partial charge in [0.1, 0.15) is 16.8 Å². The maximum atomic E-state index is 9.52. The highest BCUT2D eigenvalue weighted by Crippen LogP contribution is 2.31. The summed E-state index contributed by atoms with van der Waals surface area (Å²) in [4.78, 5) is 5.68. The van der Waals surface area contributed by atoms with Crippen molar-refractivity contribution in [1.82, 2.24) is 4.98 Å². The van der Waals surface area contributed by atoms with Crippen molar-refractivity contribution in [3.63, 3.8) is 0 Å². The Morgan fingerprint density at radius 1 is 1.32 bits per heavy atom. The average Bonchev–Trinajstić information content (AvgIpc) is 3.25. The van der Waals surface area contributed by atoms with Crippen LogP contribution in [0.4, 0.5) is 0 Å². The van der Waals surface area contributed by atoms with Crippen molar-refractivity contribution in [2.45, 2.75) is 20.0 Å². The minimum Gasteiger partial charge on any atom is -0.489 e. The lowest BCUT2D eigenvalue weighted by Crippen LogP contribution is -2.05. The number of hydrogen-bond acceptors (Lipinski definition) is 5. The fourth-order valence-electron chi connectivity index (χ4n) is 2.20. The number of hydrogen-bond donors (Lipinski definition) is 0. The minimum atomic E-state index is 0.0551. The first-order valence-electron chi connectivity index (χ1n) is 7.64. The van der Waals surface area contributed by atoms with Gasteiger partial charge in [0.15, 0.2) is 0 Å². The zero-order valence-corrected chi connectivity index (χ0v) is 16.1. The number of rotatable bonds is 5. The minimum absolute atomic E-state index is 0.0551. The normalized spacial score (nSPS) is 11.6. The number of thiazole rings is 1. The van der Waals surface area contributed by atoms with Gasteiger partial charge in [0, 0.05) is 5.38 Å². The number of benzene rings is 1. The molecule has 0 bridgehead atoms. The maximum Gasteiger partial charge on any atom is 0.138 e. The number of halogens is 1. The SMILES string of the molecule is CC(C)Oc1ccc(/C=C(/C#N)c2nc(-c3cccs3)cs2)cc1Cl. The van der Waals surface area contributed by atoms with Crippen molar-refractivity contribution in [2.24, 2.45) is 0 Å². The number of ether oxygens (including phenoxy) is 1. The average molecular weight is 387 g/mol. The third kappa shape index (κ3) is 4.29.